The van der Waals surface area contributed by atoms with Crippen molar-refractivity contribution in [2.75, 3.05) is 27.2 Å². The molecule has 3 nitrogen and oxygen atoms in total. The van der Waals surface area contributed by atoms with E-state index in [0.29, 0.717) is 6.54 Å². The van der Waals surface area contributed by atoms with Crippen LogP contribution in [0.2, 0.25) is 0 Å². The molecule has 0 aliphatic carbocycles. The second-order valence-corrected chi connectivity index (χ2v) is 3.34. The number of likely N-dealkylation sites (N-methyl/N-ethyl adjacent to an activating group) is 1. The number of methoxy groups -OCH3 is 1. The van der Waals surface area contributed by atoms with Gasteiger partial charge in [-0.05, 0) is 24.6 Å². The molecule has 0 fully saturated rings. The third-order valence-electron chi connectivity index (χ3n) is 2.01. The first-order valence-electron chi connectivity index (χ1n) is 4.79. The fourth-order valence-electron chi connectivity index (χ4n) is 1.34. The summed E-state index contributed by atoms with van der Waals surface area (Å²) in [4.78, 5) is 2.10. The monoisotopic (exact) mass is 194 g/mol. The van der Waals surface area contributed by atoms with Crippen LogP contribution in [0.4, 0.5) is 0 Å². The summed E-state index contributed by atoms with van der Waals surface area (Å²) in [6.07, 6.45) is 9.20. The predicted octanol–water partition coefficient (Wildman–Crippen LogP) is 1.25. The summed E-state index contributed by atoms with van der Waals surface area (Å²) in [6, 6.07) is 0. The van der Waals surface area contributed by atoms with Gasteiger partial charge in [-0.15, -0.1) is 0 Å². The minimum atomic E-state index is 0.695. The Morgan fingerprint density at radius 3 is 3.07 bits per heavy atom. The molecule has 0 amide bonds. The lowest BCUT2D eigenvalue weighted by Gasteiger charge is -2.21. The van der Waals surface area contributed by atoms with Crippen molar-refractivity contribution in [1.29, 1.82) is 0 Å². The van der Waals surface area contributed by atoms with Crippen molar-refractivity contribution >= 4 is 0 Å². The van der Waals surface area contributed by atoms with Gasteiger partial charge in [0, 0.05) is 13.2 Å². The molecule has 78 valence electrons. The highest BCUT2D eigenvalue weighted by Crippen LogP contribution is 2.13. The summed E-state index contributed by atoms with van der Waals surface area (Å²) >= 11 is 0. The largest absolute Gasteiger partial charge is 0.499 e. The van der Waals surface area contributed by atoms with Crippen molar-refractivity contribution in [3.8, 4) is 0 Å². The molecule has 0 unspecified atom stereocenters. The Kier molecular flexibility index (Phi) is 4.26. The molecule has 0 bridgehead atoms. The summed E-state index contributed by atoms with van der Waals surface area (Å²) in [5, 5.41) is 0. The summed E-state index contributed by atoms with van der Waals surface area (Å²) in [5.74, 6) is 0.988. The minimum Gasteiger partial charge on any atom is -0.499 e. The molecule has 1 aliphatic rings. The number of nitrogens with two attached hydrogens (primary N) is 1. The molecule has 1 rings (SSSR count). The first-order valence-corrected chi connectivity index (χ1v) is 4.79. The van der Waals surface area contributed by atoms with Gasteiger partial charge in [-0.2, -0.15) is 0 Å². The number of rotatable bonds is 4. The quantitative estimate of drug-likeness (QED) is 0.732. The maximum atomic E-state index is 5.40. The Morgan fingerprint density at radius 1 is 1.64 bits per heavy atom. The van der Waals surface area contributed by atoms with Gasteiger partial charge < -0.3 is 15.4 Å². The van der Waals surface area contributed by atoms with Crippen LogP contribution in [0.1, 0.15) is 6.42 Å². The summed E-state index contributed by atoms with van der Waals surface area (Å²) in [7, 11) is 3.73. The SMILES string of the molecule is COC1=CC(C=CCCN)=CN(C)C1. The normalized spacial score (nSPS) is 16.9. The molecule has 3 heteroatoms. The van der Waals surface area contributed by atoms with Crippen molar-refractivity contribution < 1.29 is 4.74 Å². The van der Waals surface area contributed by atoms with Gasteiger partial charge >= 0.3 is 0 Å². The van der Waals surface area contributed by atoms with Crippen LogP contribution < -0.4 is 5.73 Å². The van der Waals surface area contributed by atoms with Gasteiger partial charge in [0.05, 0.1) is 13.7 Å². The van der Waals surface area contributed by atoms with Gasteiger partial charge in [-0.25, -0.2) is 0 Å². The Labute approximate surface area is 85.5 Å². The van der Waals surface area contributed by atoms with E-state index in [1.807, 2.05) is 13.1 Å². The second kappa shape index (κ2) is 5.50. The smallest absolute Gasteiger partial charge is 0.115 e. The average molecular weight is 194 g/mol. The minimum absolute atomic E-state index is 0.695. The van der Waals surface area contributed by atoms with Gasteiger partial charge in [-0.1, -0.05) is 12.2 Å². The van der Waals surface area contributed by atoms with E-state index in [0.717, 1.165) is 24.3 Å². The number of hydrogen-bond donors (Lipinski definition) is 1. The van der Waals surface area contributed by atoms with E-state index in [1.54, 1.807) is 7.11 Å². The molecule has 0 aromatic carbocycles. The highest BCUT2D eigenvalue weighted by molar-refractivity contribution is 5.34. The zero-order valence-corrected chi connectivity index (χ0v) is 8.86. The third kappa shape index (κ3) is 3.26. The highest BCUT2D eigenvalue weighted by atomic mass is 16.5. The Hall–Kier alpha value is -1.22. The number of nitrogens with zero attached hydrogens (tertiary/aromatic N) is 1. The first kappa shape index (κ1) is 10.9. The molecular formula is C11H18N2O. The van der Waals surface area contributed by atoms with E-state index in [2.05, 4.69) is 23.3 Å². The van der Waals surface area contributed by atoms with E-state index in [9.17, 15) is 0 Å². The van der Waals surface area contributed by atoms with E-state index in [4.69, 9.17) is 10.5 Å². The fourth-order valence-corrected chi connectivity index (χ4v) is 1.34. The van der Waals surface area contributed by atoms with E-state index < -0.39 is 0 Å². The van der Waals surface area contributed by atoms with Crippen LogP contribution in [0.15, 0.2) is 35.8 Å². The Morgan fingerprint density at radius 2 is 2.43 bits per heavy atom. The molecule has 1 aliphatic heterocycles. The lowest BCUT2D eigenvalue weighted by atomic mass is 10.1. The molecule has 2 N–H and O–H groups in total. The average Bonchev–Trinajstić information content (AvgIpc) is 2.17. The van der Waals surface area contributed by atoms with E-state index in [1.165, 1.54) is 0 Å². The van der Waals surface area contributed by atoms with Gasteiger partial charge in [0.1, 0.15) is 5.76 Å². The highest BCUT2D eigenvalue weighted by Gasteiger charge is 2.06. The molecule has 0 aromatic heterocycles. The lowest BCUT2D eigenvalue weighted by molar-refractivity contribution is 0.253. The van der Waals surface area contributed by atoms with Crippen LogP contribution in [0.3, 0.4) is 0 Å². The molecule has 0 atom stereocenters. The van der Waals surface area contributed by atoms with Crippen LogP contribution in [0.5, 0.6) is 0 Å². The number of hydrogen-bond acceptors (Lipinski definition) is 3. The standard InChI is InChI=1S/C11H18N2O/c1-13-8-10(5-3-4-6-12)7-11(9-13)14-2/h3,5,7-8H,4,6,9,12H2,1-2H3. The summed E-state index contributed by atoms with van der Waals surface area (Å²) in [6.45, 7) is 1.53. The topological polar surface area (TPSA) is 38.5 Å². The maximum Gasteiger partial charge on any atom is 0.115 e. The molecular weight excluding hydrogens is 176 g/mol. The van der Waals surface area contributed by atoms with Crippen molar-refractivity contribution in [3.63, 3.8) is 0 Å². The maximum absolute atomic E-state index is 5.40. The van der Waals surface area contributed by atoms with Crippen molar-refractivity contribution in [2.45, 2.75) is 6.42 Å². The van der Waals surface area contributed by atoms with Crippen molar-refractivity contribution in [3.05, 3.63) is 35.8 Å². The molecule has 14 heavy (non-hydrogen) atoms. The van der Waals surface area contributed by atoms with Gasteiger partial charge in [-0.3, -0.25) is 0 Å². The van der Waals surface area contributed by atoms with E-state index in [-0.39, 0.29) is 0 Å². The van der Waals surface area contributed by atoms with Gasteiger partial charge in [0.15, 0.2) is 0 Å². The first-order chi connectivity index (χ1) is 6.76. The van der Waals surface area contributed by atoms with E-state index >= 15 is 0 Å². The van der Waals surface area contributed by atoms with Gasteiger partial charge in [0.25, 0.3) is 0 Å². The van der Waals surface area contributed by atoms with Crippen LogP contribution in [0.25, 0.3) is 0 Å². The van der Waals surface area contributed by atoms with Crippen LogP contribution in [-0.2, 0) is 4.74 Å². The van der Waals surface area contributed by atoms with Crippen molar-refractivity contribution in [2.24, 2.45) is 5.73 Å². The summed E-state index contributed by atoms with van der Waals surface area (Å²) < 4.78 is 5.22. The molecule has 0 aromatic rings. The molecule has 0 saturated carbocycles. The second-order valence-electron chi connectivity index (χ2n) is 3.34. The van der Waals surface area contributed by atoms with Crippen molar-refractivity contribution in [1.82, 2.24) is 4.90 Å². The number of allylic oxidation sites excluding steroid dienone is 3. The van der Waals surface area contributed by atoms with Crippen LogP contribution in [0, 0.1) is 0 Å². The molecule has 0 saturated heterocycles. The Bertz CT molecular complexity index is 266. The predicted molar refractivity (Wildman–Crippen MR) is 58.6 cm³/mol. The molecule has 0 radical (unpaired) electrons. The zero-order valence-electron chi connectivity index (χ0n) is 8.86. The molecule has 0 spiro atoms. The third-order valence-corrected chi connectivity index (χ3v) is 2.01. The fraction of sp³-hybridized carbons (Fsp3) is 0.455. The van der Waals surface area contributed by atoms with Crippen LogP contribution in [-0.4, -0.2) is 32.1 Å². The van der Waals surface area contributed by atoms with Crippen LogP contribution >= 0.6 is 0 Å². The lowest BCUT2D eigenvalue weighted by Crippen LogP contribution is -2.19. The Balaban J connectivity index is 2.62. The zero-order chi connectivity index (χ0) is 10.4. The number of ether oxygens (including phenoxy) is 1. The molecule has 1 heterocycles. The van der Waals surface area contributed by atoms with Gasteiger partial charge in [0.2, 0.25) is 0 Å². The summed E-state index contributed by atoms with van der Waals surface area (Å²) in [5.41, 5.74) is 6.56.